The largest absolute Gasteiger partial charge is 0 e. The zero-order chi connectivity index (χ0) is 0. The molecule has 4 radical (unpaired) electrons. The van der Waals surface area contributed by atoms with E-state index in [1.807, 2.05) is 0 Å². The molecule has 5 heavy (non-hydrogen) atoms. The molecule has 0 aliphatic carbocycles. The molecule has 0 aromatic heterocycles. The second-order valence-electron chi connectivity index (χ2n) is 0. The molecule has 0 unspecified atom stereocenters. The number of hydrogen-bond donors (Lipinski definition) is 0. The maximum absolute atomic E-state index is 0. The van der Waals surface area contributed by atoms with Gasteiger partial charge in [0.05, 0.1) is 0 Å². The minimum absolute atomic E-state index is 0. The predicted octanol–water partition coefficient (Wildman–Crippen LogP) is -2.75. The van der Waals surface area contributed by atoms with Crippen LogP contribution in [0.2, 0.25) is 0 Å². The first-order valence-corrected chi connectivity index (χ1v) is 0. The van der Waals surface area contributed by atoms with E-state index in [2.05, 4.69) is 0 Å². The van der Waals surface area contributed by atoms with E-state index in [1.165, 1.54) is 0 Å². The van der Waals surface area contributed by atoms with Crippen molar-refractivity contribution in [3.63, 3.8) is 0 Å². The first-order valence-electron chi connectivity index (χ1n) is 0. The summed E-state index contributed by atoms with van der Waals surface area (Å²) in [6.45, 7) is 0. The van der Waals surface area contributed by atoms with Crippen LogP contribution in [0, 0.1) is 0 Å². The molecule has 5 heteroatoms. The molecule has 0 rings (SSSR count). The summed E-state index contributed by atoms with van der Waals surface area (Å²) in [5.41, 5.74) is 0. The minimum atomic E-state index is 0. The summed E-state index contributed by atoms with van der Waals surface area (Å²) in [5, 5.41) is 0. The van der Waals surface area contributed by atoms with Gasteiger partial charge in [-0.1, -0.05) is 0 Å². The summed E-state index contributed by atoms with van der Waals surface area (Å²) >= 11 is 0. The van der Waals surface area contributed by atoms with Gasteiger partial charge in [-0.2, -0.15) is 0 Å². The van der Waals surface area contributed by atoms with Gasteiger partial charge in [-0.25, -0.2) is 0 Å². The predicted molar refractivity (Wildman–Crippen MR) is 25.6 cm³/mol. The molecule has 32 valence electrons. The van der Waals surface area contributed by atoms with Gasteiger partial charge < -0.3 is 0 Å². The first kappa shape index (κ1) is 40.1. The Morgan fingerprint density at radius 1 is 1.00 bits per heavy atom. The van der Waals surface area contributed by atoms with Crippen LogP contribution in [0.25, 0.3) is 0 Å². The van der Waals surface area contributed by atoms with Gasteiger partial charge in [0.2, 0.25) is 0 Å². The van der Waals surface area contributed by atoms with Crippen LogP contribution in [0.1, 0.15) is 0 Å². The van der Waals surface area contributed by atoms with Crippen molar-refractivity contribution < 1.29 is 38.2 Å². The summed E-state index contributed by atoms with van der Waals surface area (Å²) < 4.78 is 0. The third-order valence-electron chi connectivity index (χ3n) is 0. The smallest absolute Gasteiger partial charge is 0 e. The van der Waals surface area contributed by atoms with Crippen LogP contribution in [0.15, 0.2) is 0 Å². The van der Waals surface area contributed by atoms with Crippen LogP contribution in [0.4, 0.5) is 0 Å². The van der Waals surface area contributed by atoms with Crippen molar-refractivity contribution in [3.05, 3.63) is 0 Å². The van der Waals surface area contributed by atoms with Crippen molar-refractivity contribution >= 4 is 65.7 Å². The molecule has 0 bridgehead atoms. The Hall–Kier alpha value is 3.36. The Labute approximate surface area is 102 Å². The Morgan fingerprint density at radius 3 is 1.00 bits per heavy atom. The van der Waals surface area contributed by atoms with E-state index < -0.39 is 0 Å². The molecule has 0 atom stereocenters. The fourth-order valence-corrected chi connectivity index (χ4v) is 0. The van der Waals surface area contributed by atoms with Gasteiger partial charge in [0.1, 0.15) is 17.4 Å². The zero-order valence-corrected chi connectivity index (χ0v) is 15.0. The SMILES string of the molecule is [AlH2].[Ni].[SbH2].[SnH2].[Ti]. The molecular weight excluding hydrogens is 374 g/mol. The van der Waals surface area contributed by atoms with Crippen molar-refractivity contribution in [3.8, 4) is 0 Å². The molecule has 0 N–H and O–H groups in total. The van der Waals surface area contributed by atoms with E-state index in [1.54, 1.807) is 0 Å². The maximum atomic E-state index is 0. The van der Waals surface area contributed by atoms with Crippen molar-refractivity contribution in [1.82, 2.24) is 0 Å². The fraction of sp³-hybridized carbons (Fsp3) is 0. The standard InChI is InChI=1S/Al.Ni.Sb.Sn.Ti.6H. The molecule has 0 spiro atoms. The summed E-state index contributed by atoms with van der Waals surface area (Å²) in [6, 6.07) is 0. The van der Waals surface area contributed by atoms with Gasteiger partial charge in [-0.3, -0.25) is 0 Å². The minimum Gasteiger partial charge on any atom is 0 e. The van der Waals surface area contributed by atoms with Crippen molar-refractivity contribution in [2.24, 2.45) is 0 Å². The molecule has 0 aliphatic heterocycles. The molecule has 0 heterocycles. The summed E-state index contributed by atoms with van der Waals surface area (Å²) in [7, 11) is 0. The Kier molecular flexibility index (Phi) is 212. The number of hydrogen-bond acceptors (Lipinski definition) is 0. The van der Waals surface area contributed by atoms with Crippen LogP contribution >= 0.6 is 0 Å². The number of rotatable bonds is 0. The van der Waals surface area contributed by atoms with Gasteiger partial charge in [0.15, 0.2) is 0 Å². The average Bonchev–Trinajstić information content (AvgIpc) is 0. The first-order chi connectivity index (χ1) is 0. The second kappa shape index (κ2) is 26.4. The van der Waals surface area contributed by atoms with E-state index in [9.17, 15) is 0 Å². The van der Waals surface area contributed by atoms with Crippen LogP contribution in [0.5, 0.6) is 0 Å². The quantitative estimate of drug-likeness (QED) is 0.400. The molecular formula is H6AlNiSbSnTi. The van der Waals surface area contributed by atoms with Crippen molar-refractivity contribution in [2.45, 2.75) is 0 Å². The van der Waals surface area contributed by atoms with Gasteiger partial charge in [-0.05, 0) is 0 Å². The molecule has 0 aliphatic rings. The van der Waals surface area contributed by atoms with Crippen LogP contribution in [0.3, 0.4) is 0 Å². The zero-order valence-electron chi connectivity index (χ0n) is 3.10. The Balaban J connectivity index is 0. The van der Waals surface area contributed by atoms with Crippen LogP contribution in [-0.2, 0) is 38.2 Å². The summed E-state index contributed by atoms with van der Waals surface area (Å²) in [5.74, 6) is 0. The summed E-state index contributed by atoms with van der Waals surface area (Å²) in [6.07, 6.45) is 0. The monoisotopic (exact) mass is 380 g/mol. The van der Waals surface area contributed by atoms with E-state index in [4.69, 9.17) is 0 Å². The summed E-state index contributed by atoms with van der Waals surface area (Å²) in [4.78, 5) is 0. The van der Waals surface area contributed by atoms with E-state index in [-0.39, 0.29) is 104 Å². The van der Waals surface area contributed by atoms with Crippen LogP contribution in [-0.4, -0.2) is 65.7 Å². The fourth-order valence-electron chi connectivity index (χ4n) is 0. The normalized spacial score (nSPS) is 0. The maximum Gasteiger partial charge on any atom is 0 e. The van der Waals surface area contributed by atoms with Crippen molar-refractivity contribution in [1.29, 1.82) is 0 Å². The molecule has 0 aromatic carbocycles. The van der Waals surface area contributed by atoms with Crippen molar-refractivity contribution in [2.75, 3.05) is 0 Å². The Bertz CT molecular complexity index is 11.6. The molecule has 0 aromatic rings. The molecule has 0 nitrogen and oxygen atoms in total. The van der Waals surface area contributed by atoms with E-state index in [0.717, 1.165) is 0 Å². The molecule has 0 saturated carbocycles. The third-order valence-corrected chi connectivity index (χ3v) is 0. The Morgan fingerprint density at radius 2 is 1.00 bits per heavy atom. The van der Waals surface area contributed by atoms with Gasteiger partial charge >= 0.3 is 48.3 Å². The van der Waals surface area contributed by atoms with Gasteiger partial charge in [-0.15, -0.1) is 0 Å². The third kappa shape index (κ3) is 18.7. The van der Waals surface area contributed by atoms with E-state index in [0.29, 0.717) is 0 Å². The average molecular weight is 380 g/mol. The topological polar surface area (TPSA) is 0 Å². The van der Waals surface area contributed by atoms with Gasteiger partial charge in [0, 0.05) is 38.2 Å². The van der Waals surface area contributed by atoms with Crippen LogP contribution < -0.4 is 0 Å². The molecule has 0 saturated heterocycles. The van der Waals surface area contributed by atoms with Gasteiger partial charge in [0.25, 0.3) is 0 Å². The molecule has 0 fully saturated rings. The van der Waals surface area contributed by atoms with E-state index >= 15 is 0 Å². The second-order valence-corrected chi connectivity index (χ2v) is 0. The molecule has 0 amide bonds.